The molecule has 2 aromatic heterocycles. The van der Waals surface area contributed by atoms with Crippen LogP contribution in [0.25, 0.3) is 22.3 Å². The molecule has 0 saturated heterocycles. The van der Waals surface area contributed by atoms with E-state index in [9.17, 15) is 4.79 Å². The molecule has 1 atom stereocenters. The van der Waals surface area contributed by atoms with Gasteiger partial charge in [-0.15, -0.1) is 0 Å². The fraction of sp³-hybridized carbons (Fsp3) is 0.227. The zero-order chi connectivity index (χ0) is 20.4. The summed E-state index contributed by atoms with van der Waals surface area (Å²) in [5.74, 6) is 0.531. The third-order valence-electron chi connectivity index (χ3n) is 4.70. The first kappa shape index (κ1) is 19.8. The van der Waals surface area contributed by atoms with Crippen molar-refractivity contribution < 1.29 is 4.42 Å². The van der Waals surface area contributed by atoms with Crippen LogP contribution in [0.5, 0.6) is 0 Å². The van der Waals surface area contributed by atoms with Crippen LogP contribution in [-0.2, 0) is 0 Å². The number of aryl methyl sites for hydroxylation is 1. The number of pyridine rings is 1. The Morgan fingerprint density at radius 1 is 1.36 bits per heavy atom. The van der Waals surface area contributed by atoms with Crippen LogP contribution in [0, 0.1) is 13.8 Å². The Labute approximate surface area is 169 Å². The van der Waals surface area contributed by atoms with Crippen molar-refractivity contribution in [1.82, 2.24) is 10.3 Å². The monoisotopic (exact) mass is 393 g/mol. The van der Waals surface area contributed by atoms with E-state index in [1.54, 1.807) is 26.2 Å². The quantitative estimate of drug-likeness (QED) is 0.496. The lowest BCUT2D eigenvalue weighted by Crippen LogP contribution is -2.22. The summed E-state index contributed by atoms with van der Waals surface area (Å²) >= 11 is 5.06. The zero-order valence-corrected chi connectivity index (χ0v) is 17.2. The van der Waals surface area contributed by atoms with E-state index in [1.165, 1.54) is 5.37 Å². The molecule has 28 heavy (non-hydrogen) atoms. The van der Waals surface area contributed by atoms with E-state index in [4.69, 9.17) is 22.4 Å². The summed E-state index contributed by atoms with van der Waals surface area (Å²) in [6, 6.07) is 7.41. The Morgan fingerprint density at radius 2 is 2.11 bits per heavy atom. The number of fused-ring (bicyclic) bond motifs is 1. The van der Waals surface area contributed by atoms with Crippen LogP contribution in [0.2, 0.25) is 0 Å². The molecule has 0 aliphatic carbocycles. The highest BCUT2D eigenvalue weighted by Gasteiger charge is 2.19. The van der Waals surface area contributed by atoms with Gasteiger partial charge in [-0.25, -0.2) is 0 Å². The molecule has 3 aromatic rings. The molecule has 0 aliphatic heterocycles. The Hall–Kier alpha value is -2.99. The van der Waals surface area contributed by atoms with Gasteiger partial charge in [-0.05, 0) is 51.5 Å². The van der Waals surface area contributed by atoms with Crippen molar-refractivity contribution in [1.29, 1.82) is 0 Å². The standard InChI is InChI=1S/C22H23N3O2S/c1-12-8-17(15(4)25-19(11-28)14(3)23)22-18(9-12)20(26)13(2)21(27-22)16-6-5-7-24-10-16/h5-11,15,25H,23H2,1-4H3/b19-14+. The van der Waals surface area contributed by atoms with Crippen LogP contribution in [-0.4, -0.2) is 10.4 Å². The highest BCUT2D eigenvalue weighted by atomic mass is 32.1. The molecule has 0 spiro atoms. The molecule has 0 saturated carbocycles. The molecule has 1 aromatic carbocycles. The number of benzene rings is 1. The van der Waals surface area contributed by atoms with Gasteiger partial charge in [0.2, 0.25) is 0 Å². The summed E-state index contributed by atoms with van der Waals surface area (Å²) in [5.41, 5.74) is 10.9. The summed E-state index contributed by atoms with van der Waals surface area (Å²) in [4.78, 5) is 17.2. The molecular weight excluding hydrogens is 370 g/mol. The van der Waals surface area contributed by atoms with Crippen molar-refractivity contribution in [2.45, 2.75) is 33.7 Å². The number of nitrogens with one attached hydrogen (secondary N) is 1. The van der Waals surface area contributed by atoms with E-state index < -0.39 is 0 Å². The van der Waals surface area contributed by atoms with Gasteiger partial charge in [0.15, 0.2) is 5.43 Å². The van der Waals surface area contributed by atoms with E-state index >= 15 is 0 Å². The van der Waals surface area contributed by atoms with Gasteiger partial charge in [-0.3, -0.25) is 9.78 Å². The highest BCUT2D eigenvalue weighted by Crippen LogP contribution is 2.30. The average molecular weight is 394 g/mol. The molecule has 5 nitrogen and oxygen atoms in total. The van der Waals surface area contributed by atoms with Crippen LogP contribution >= 0.6 is 12.2 Å². The van der Waals surface area contributed by atoms with E-state index in [-0.39, 0.29) is 11.5 Å². The highest BCUT2D eigenvalue weighted by molar-refractivity contribution is 7.79. The summed E-state index contributed by atoms with van der Waals surface area (Å²) in [5, 5.41) is 5.40. The lowest BCUT2D eigenvalue weighted by atomic mass is 9.99. The van der Waals surface area contributed by atoms with Gasteiger partial charge >= 0.3 is 0 Å². The minimum absolute atomic E-state index is 0.0437. The number of hydrogen-bond donors (Lipinski definition) is 2. The van der Waals surface area contributed by atoms with E-state index in [2.05, 4.69) is 10.3 Å². The number of aromatic nitrogens is 1. The molecule has 6 heteroatoms. The van der Waals surface area contributed by atoms with Gasteiger partial charge in [0.05, 0.1) is 17.1 Å². The molecule has 1 unspecified atom stereocenters. The first-order valence-electron chi connectivity index (χ1n) is 9.00. The third-order valence-corrected chi connectivity index (χ3v) is 4.93. The van der Waals surface area contributed by atoms with Crippen molar-refractivity contribution in [2.24, 2.45) is 5.73 Å². The van der Waals surface area contributed by atoms with E-state index in [1.807, 2.05) is 38.1 Å². The van der Waals surface area contributed by atoms with Crippen molar-refractivity contribution in [3.05, 3.63) is 75.0 Å². The lowest BCUT2D eigenvalue weighted by Gasteiger charge is -2.19. The number of nitrogens with two attached hydrogens (primary N) is 1. The number of hydrogen-bond acceptors (Lipinski definition) is 6. The summed E-state index contributed by atoms with van der Waals surface area (Å²) in [7, 11) is 0. The fourth-order valence-electron chi connectivity index (χ4n) is 3.21. The number of thiocarbonyl (C=S) groups is 1. The first-order valence-corrected chi connectivity index (χ1v) is 9.47. The second-order valence-electron chi connectivity index (χ2n) is 6.94. The average Bonchev–Trinajstić information content (AvgIpc) is 2.68. The topological polar surface area (TPSA) is 81.1 Å². The molecule has 3 rings (SSSR count). The maximum Gasteiger partial charge on any atom is 0.196 e. The van der Waals surface area contributed by atoms with Crippen LogP contribution in [0.4, 0.5) is 0 Å². The van der Waals surface area contributed by atoms with Gasteiger partial charge in [0.1, 0.15) is 11.3 Å². The van der Waals surface area contributed by atoms with Crippen molar-refractivity contribution in [2.75, 3.05) is 0 Å². The first-order chi connectivity index (χ1) is 13.3. The maximum absolute atomic E-state index is 13.1. The predicted octanol–water partition coefficient (Wildman–Crippen LogP) is 4.31. The Kier molecular flexibility index (Phi) is 5.61. The normalized spacial score (nSPS) is 13.1. The molecule has 2 heterocycles. The lowest BCUT2D eigenvalue weighted by molar-refractivity contribution is 0.590. The smallest absolute Gasteiger partial charge is 0.196 e. The van der Waals surface area contributed by atoms with Crippen molar-refractivity contribution >= 4 is 28.6 Å². The third kappa shape index (κ3) is 3.68. The SMILES string of the molecule is C/C(N)=C(/C=S)NC(C)c1cc(C)cc2c(=O)c(C)c(-c3cccnc3)oc12. The van der Waals surface area contributed by atoms with Crippen LogP contribution in [0.3, 0.4) is 0 Å². The molecule has 0 fully saturated rings. The number of allylic oxidation sites excluding steroid dienone is 2. The van der Waals surface area contributed by atoms with E-state index in [0.717, 1.165) is 16.7 Å². The molecule has 0 radical (unpaired) electrons. The predicted molar refractivity (Wildman–Crippen MR) is 117 cm³/mol. The summed E-state index contributed by atoms with van der Waals surface area (Å²) < 4.78 is 6.28. The minimum atomic E-state index is -0.164. The van der Waals surface area contributed by atoms with Crippen LogP contribution in [0.1, 0.15) is 36.6 Å². The fourth-order valence-corrected chi connectivity index (χ4v) is 3.47. The Morgan fingerprint density at radius 3 is 2.71 bits per heavy atom. The molecule has 0 aliphatic rings. The minimum Gasteiger partial charge on any atom is -0.455 e. The Balaban J connectivity index is 2.26. The summed E-state index contributed by atoms with van der Waals surface area (Å²) in [6.07, 6.45) is 3.38. The van der Waals surface area contributed by atoms with Gasteiger partial charge in [-0.1, -0.05) is 18.3 Å². The molecule has 144 valence electrons. The van der Waals surface area contributed by atoms with Gasteiger partial charge in [-0.2, -0.15) is 0 Å². The maximum atomic E-state index is 13.1. The molecule has 3 N–H and O–H groups in total. The largest absolute Gasteiger partial charge is 0.455 e. The van der Waals surface area contributed by atoms with E-state index in [0.29, 0.717) is 33.7 Å². The van der Waals surface area contributed by atoms with Gasteiger partial charge in [0, 0.05) is 40.1 Å². The van der Waals surface area contributed by atoms with Crippen molar-refractivity contribution in [3.8, 4) is 11.3 Å². The number of rotatable bonds is 5. The molecular formula is C22H23N3O2S. The second kappa shape index (κ2) is 7.94. The zero-order valence-electron chi connectivity index (χ0n) is 16.4. The number of nitrogens with zero attached hydrogens (tertiary/aromatic N) is 1. The van der Waals surface area contributed by atoms with Crippen LogP contribution < -0.4 is 16.5 Å². The second-order valence-corrected chi connectivity index (χ2v) is 7.17. The summed E-state index contributed by atoms with van der Waals surface area (Å²) in [6.45, 7) is 7.52. The Bertz CT molecular complexity index is 1130. The van der Waals surface area contributed by atoms with Crippen LogP contribution in [0.15, 0.2) is 57.3 Å². The van der Waals surface area contributed by atoms with Gasteiger partial charge in [0.25, 0.3) is 0 Å². The molecule has 0 bridgehead atoms. The molecule has 0 amide bonds. The van der Waals surface area contributed by atoms with Gasteiger partial charge < -0.3 is 15.5 Å². The van der Waals surface area contributed by atoms with Crippen molar-refractivity contribution in [3.63, 3.8) is 0 Å².